The Morgan fingerprint density at radius 1 is 0.941 bits per heavy atom. The summed E-state index contributed by atoms with van der Waals surface area (Å²) in [5, 5.41) is 3.86. The van der Waals surface area contributed by atoms with Gasteiger partial charge in [-0.15, -0.1) is 11.3 Å². The molecular weight excluding hydrogens is 472 g/mol. The number of para-hydroxylation sites is 1. The second kappa shape index (κ2) is 9.66. The number of ether oxygens (including phenoxy) is 1. The van der Waals surface area contributed by atoms with Crippen LogP contribution in [0.25, 0.3) is 10.1 Å². The fraction of sp³-hybridized carbons (Fsp3) is 0.120. The molecule has 0 spiro atoms. The van der Waals surface area contributed by atoms with Gasteiger partial charge in [-0.25, -0.2) is 13.2 Å². The highest BCUT2D eigenvalue weighted by molar-refractivity contribution is 7.92. The van der Waals surface area contributed by atoms with E-state index in [-0.39, 0.29) is 17.1 Å². The number of nitrogens with one attached hydrogen (secondary N) is 1. The Hall–Kier alpha value is -3.69. The number of carbonyl (C=O) groups is 2. The molecule has 0 unspecified atom stereocenters. The Labute approximate surface area is 201 Å². The number of hydrogen-bond acceptors (Lipinski definition) is 6. The molecule has 0 aliphatic carbocycles. The van der Waals surface area contributed by atoms with Crippen molar-refractivity contribution in [1.29, 1.82) is 0 Å². The highest BCUT2D eigenvalue weighted by atomic mass is 32.2. The van der Waals surface area contributed by atoms with Crippen LogP contribution in [0.4, 0.5) is 10.7 Å². The number of amides is 1. The maximum atomic E-state index is 13.0. The number of hydrogen-bond donors (Lipinski definition) is 1. The molecule has 34 heavy (non-hydrogen) atoms. The summed E-state index contributed by atoms with van der Waals surface area (Å²) in [6.45, 7) is 1.93. The molecule has 0 saturated carbocycles. The van der Waals surface area contributed by atoms with E-state index in [0.29, 0.717) is 21.6 Å². The Morgan fingerprint density at radius 3 is 2.26 bits per heavy atom. The van der Waals surface area contributed by atoms with E-state index in [9.17, 15) is 18.0 Å². The van der Waals surface area contributed by atoms with Gasteiger partial charge >= 0.3 is 5.97 Å². The van der Waals surface area contributed by atoms with Crippen molar-refractivity contribution in [2.75, 3.05) is 23.3 Å². The van der Waals surface area contributed by atoms with E-state index < -0.39 is 21.9 Å². The van der Waals surface area contributed by atoms with Crippen LogP contribution in [-0.4, -0.2) is 33.9 Å². The Bertz CT molecular complexity index is 1450. The maximum absolute atomic E-state index is 13.0. The van der Waals surface area contributed by atoms with Crippen LogP contribution in [0, 0.1) is 0 Å². The van der Waals surface area contributed by atoms with Crippen molar-refractivity contribution in [3.63, 3.8) is 0 Å². The summed E-state index contributed by atoms with van der Waals surface area (Å²) in [6.07, 6.45) is 0. The molecule has 0 bridgehead atoms. The minimum atomic E-state index is -3.79. The summed E-state index contributed by atoms with van der Waals surface area (Å²) in [5.41, 5.74) is 1.09. The number of fused-ring (bicyclic) bond motifs is 1. The third-order valence-corrected chi connectivity index (χ3v) is 8.08. The third kappa shape index (κ3) is 4.52. The van der Waals surface area contributed by atoms with Crippen LogP contribution in [0.5, 0.6) is 0 Å². The van der Waals surface area contributed by atoms with E-state index >= 15 is 0 Å². The van der Waals surface area contributed by atoms with E-state index in [1.807, 2.05) is 18.2 Å². The van der Waals surface area contributed by atoms with E-state index in [4.69, 9.17) is 4.74 Å². The minimum Gasteiger partial charge on any atom is -0.462 e. The summed E-state index contributed by atoms with van der Waals surface area (Å²) < 4.78 is 33.1. The Morgan fingerprint density at radius 2 is 1.59 bits per heavy atom. The quantitative estimate of drug-likeness (QED) is 0.359. The number of sulfonamides is 1. The van der Waals surface area contributed by atoms with Crippen molar-refractivity contribution in [2.24, 2.45) is 0 Å². The molecule has 0 radical (unpaired) electrons. The molecule has 1 heterocycles. The first-order chi connectivity index (χ1) is 16.3. The molecule has 0 fully saturated rings. The van der Waals surface area contributed by atoms with E-state index in [1.54, 1.807) is 43.3 Å². The minimum absolute atomic E-state index is 0.0597. The molecule has 7 nitrogen and oxygen atoms in total. The van der Waals surface area contributed by atoms with Crippen molar-refractivity contribution in [1.82, 2.24) is 0 Å². The van der Waals surface area contributed by atoms with Gasteiger partial charge in [0.2, 0.25) is 0 Å². The maximum Gasteiger partial charge on any atom is 0.341 e. The molecule has 1 N–H and O–H groups in total. The van der Waals surface area contributed by atoms with Crippen molar-refractivity contribution < 1.29 is 22.7 Å². The van der Waals surface area contributed by atoms with Crippen LogP contribution < -0.4 is 9.62 Å². The number of anilines is 2. The monoisotopic (exact) mass is 494 g/mol. The average Bonchev–Trinajstić information content (AvgIpc) is 3.22. The molecular formula is C25H22N2O5S2. The molecule has 4 rings (SSSR count). The highest BCUT2D eigenvalue weighted by Gasteiger charge is 2.24. The van der Waals surface area contributed by atoms with Gasteiger partial charge in [-0.2, -0.15) is 0 Å². The first-order valence-electron chi connectivity index (χ1n) is 10.5. The van der Waals surface area contributed by atoms with Gasteiger partial charge in [0, 0.05) is 22.7 Å². The lowest BCUT2D eigenvalue weighted by Crippen LogP contribution is -2.26. The zero-order valence-corrected chi connectivity index (χ0v) is 20.2. The Balaban J connectivity index is 1.59. The third-order valence-electron chi connectivity index (χ3n) is 5.20. The van der Waals surface area contributed by atoms with Crippen molar-refractivity contribution in [3.05, 3.63) is 90.0 Å². The van der Waals surface area contributed by atoms with Crippen molar-refractivity contribution >= 4 is 54.0 Å². The van der Waals surface area contributed by atoms with Gasteiger partial charge < -0.3 is 10.1 Å². The van der Waals surface area contributed by atoms with Gasteiger partial charge in [-0.1, -0.05) is 36.4 Å². The van der Waals surface area contributed by atoms with Crippen LogP contribution in [-0.2, 0) is 14.8 Å². The van der Waals surface area contributed by atoms with Gasteiger partial charge in [-0.05, 0) is 49.4 Å². The fourth-order valence-corrected chi connectivity index (χ4v) is 5.71. The number of rotatable bonds is 7. The molecule has 0 aliphatic heterocycles. The van der Waals surface area contributed by atoms with E-state index in [2.05, 4.69) is 5.32 Å². The summed E-state index contributed by atoms with van der Waals surface area (Å²) in [5.74, 6) is -0.974. The van der Waals surface area contributed by atoms with Crippen LogP contribution in [0.1, 0.15) is 27.6 Å². The smallest absolute Gasteiger partial charge is 0.341 e. The Kier molecular flexibility index (Phi) is 6.67. The molecule has 0 atom stereocenters. The van der Waals surface area contributed by atoms with E-state index in [1.165, 1.54) is 47.0 Å². The average molecular weight is 495 g/mol. The lowest BCUT2D eigenvalue weighted by Gasteiger charge is -2.19. The predicted molar refractivity (Wildman–Crippen MR) is 134 cm³/mol. The second-order valence-corrected chi connectivity index (χ2v) is 10.3. The molecule has 1 amide bonds. The number of esters is 1. The van der Waals surface area contributed by atoms with E-state index in [0.717, 1.165) is 4.70 Å². The van der Waals surface area contributed by atoms with Crippen LogP contribution in [0.2, 0.25) is 0 Å². The van der Waals surface area contributed by atoms with Gasteiger partial charge in [0.05, 0.1) is 17.2 Å². The first-order valence-corrected chi connectivity index (χ1v) is 12.7. The molecule has 174 valence electrons. The second-order valence-electron chi connectivity index (χ2n) is 7.31. The fourth-order valence-electron chi connectivity index (χ4n) is 3.43. The normalized spacial score (nSPS) is 11.2. The van der Waals surface area contributed by atoms with Crippen LogP contribution in [0.15, 0.2) is 83.8 Å². The van der Waals surface area contributed by atoms with Crippen molar-refractivity contribution in [3.8, 4) is 0 Å². The zero-order valence-electron chi connectivity index (χ0n) is 18.5. The first kappa shape index (κ1) is 23.5. The lowest BCUT2D eigenvalue weighted by atomic mass is 10.1. The molecule has 1 aromatic heterocycles. The molecule has 9 heteroatoms. The summed E-state index contributed by atoms with van der Waals surface area (Å²) >= 11 is 1.27. The molecule has 3 aromatic carbocycles. The molecule has 0 aliphatic rings. The summed E-state index contributed by atoms with van der Waals surface area (Å²) in [7, 11) is -2.32. The zero-order chi connectivity index (χ0) is 24.3. The summed E-state index contributed by atoms with van der Waals surface area (Å²) in [4.78, 5) is 25.5. The number of nitrogens with zero attached hydrogens (tertiary/aromatic N) is 1. The summed E-state index contributed by atoms with van der Waals surface area (Å²) in [6, 6.07) is 21.7. The van der Waals surface area contributed by atoms with Crippen molar-refractivity contribution in [2.45, 2.75) is 11.8 Å². The number of thiophene rings is 1. The lowest BCUT2D eigenvalue weighted by molar-refractivity contribution is 0.0530. The largest absolute Gasteiger partial charge is 0.462 e. The SMILES string of the molecule is CCOC(=O)c1c(NC(=O)c2ccc(S(=O)(=O)N(C)c3ccccc3)cc2)sc2ccccc12. The van der Waals surface area contributed by atoms with Gasteiger partial charge in [0.1, 0.15) is 10.6 Å². The van der Waals surface area contributed by atoms with Crippen LogP contribution >= 0.6 is 11.3 Å². The standard InChI is InChI=1S/C25H22N2O5S2/c1-3-32-25(29)22-20-11-7-8-12-21(20)33-24(22)26-23(28)17-13-15-19(16-14-17)34(30,31)27(2)18-9-5-4-6-10-18/h4-16H,3H2,1-2H3,(H,26,28). The molecule has 0 saturated heterocycles. The van der Waals surface area contributed by atoms with Gasteiger partial charge in [0.15, 0.2) is 0 Å². The highest BCUT2D eigenvalue weighted by Crippen LogP contribution is 2.36. The van der Waals surface area contributed by atoms with Crippen LogP contribution in [0.3, 0.4) is 0 Å². The number of benzene rings is 3. The molecule has 4 aromatic rings. The van der Waals surface area contributed by atoms with Gasteiger partial charge in [-0.3, -0.25) is 9.10 Å². The van der Waals surface area contributed by atoms with Gasteiger partial charge in [0.25, 0.3) is 15.9 Å². The predicted octanol–water partition coefficient (Wildman–Crippen LogP) is 5.16. The number of carbonyl (C=O) groups excluding carboxylic acids is 2. The topological polar surface area (TPSA) is 92.8 Å².